The number of esters is 3. The van der Waals surface area contributed by atoms with Crippen molar-refractivity contribution in [3.63, 3.8) is 0 Å². The first-order valence-corrected chi connectivity index (χ1v) is 13.6. The molecule has 5 aromatic rings. The van der Waals surface area contributed by atoms with Crippen molar-refractivity contribution in [2.75, 3.05) is 6.61 Å². The van der Waals surface area contributed by atoms with Crippen LogP contribution in [0.4, 0.5) is 0 Å². The van der Waals surface area contributed by atoms with Gasteiger partial charge in [-0.25, -0.2) is 19.2 Å². The minimum atomic E-state index is -1.42. The molecule has 0 unspecified atom stereocenters. The lowest BCUT2D eigenvalue weighted by atomic mass is 10.1. The van der Waals surface area contributed by atoms with Crippen LogP contribution >= 0.6 is 0 Å². The third kappa shape index (κ3) is 5.65. The van der Waals surface area contributed by atoms with E-state index in [1.54, 1.807) is 78.9 Å². The van der Waals surface area contributed by atoms with Gasteiger partial charge < -0.3 is 23.9 Å². The van der Waals surface area contributed by atoms with Gasteiger partial charge in [-0.15, -0.1) is 0 Å². The quantitative estimate of drug-likeness (QED) is 0.203. The Kier molecular flexibility index (Phi) is 7.89. The molecule has 1 fully saturated rings. The van der Waals surface area contributed by atoms with Crippen molar-refractivity contribution in [2.45, 2.75) is 24.5 Å². The summed E-state index contributed by atoms with van der Waals surface area (Å²) < 4.78 is 24.6. The van der Waals surface area contributed by atoms with Gasteiger partial charge in [-0.05, 0) is 42.5 Å². The largest absolute Gasteiger partial charge is 0.459 e. The monoisotopic (exact) mass is 595 g/mol. The molecule has 6 rings (SSSR count). The zero-order valence-electron chi connectivity index (χ0n) is 23.0. The zero-order chi connectivity index (χ0) is 30.6. The second kappa shape index (κ2) is 12.2. The molecule has 222 valence electrons. The van der Waals surface area contributed by atoms with Crippen LogP contribution in [0.2, 0.25) is 0 Å². The van der Waals surface area contributed by atoms with Gasteiger partial charge in [0.2, 0.25) is 0 Å². The summed E-state index contributed by atoms with van der Waals surface area (Å²) in [4.78, 5) is 70.1. The Labute approximate surface area is 248 Å². The number of H-pyrrole nitrogens is 2. The Morgan fingerprint density at radius 2 is 1.23 bits per heavy atom. The van der Waals surface area contributed by atoms with Gasteiger partial charge >= 0.3 is 23.6 Å². The summed E-state index contributed by atoms with van der Waals surface area (Å²) in [5.74, 6) is -2.21. The molecule has 2 N–H and O–H groups in total. The molecule has 1 saturated heterocycles. The number of ether oxygens (including phenoxy) is 4. The first-order valence-electron chi connectivity index (χ1n) is 13.6. The third-order valence-electron chi connectivity index (χ3n) is 7.08. The molecular weight excluding hydrogens is 570 g/mol. The fourth-order valence-corrected chi connectivity index (χ4v) is 4.99. The number of rotatable bonds is 8. The van der Waals surface area contributed by atoms with Crippen molar-refractivity contribution in [3.05, 3.63) is 141 Å². The number of hydrogen-bond donors (Lipinski definition) is 2. The van der Waals surface area contributed by atoms with Gasteiger partial charge in [0.15, 0.2) is 18.4 Å². The highest BCUT2D eigenvalue weighted by atomic mass is 16.7. The van der Waals surface area contributed by atoms with Crippen LogP contribution in [0.3, 0.4) is 0 Å². The smallest absolute Gasteiger partial charge is 0.338 e. The molecule has 0 radical (unpaired) electrons. The molecule has 2 aromatic heterocycles. The van der Waals surface area contributed by atoms with E-state index < -0.39 is 60.3 Å². The summed E-state index contributed by atoms with van der Waals surface area (Å²) >= 11 is 0. The number of benzene rings is 3. The number of fused-ring (bicyclic) bond motifs is 1. The van der Waals surface area contributed by atoms with Crippen molar-refractivity contribution >= 4 is 28.9 Å². The SMILES string of the molecule is O=C(OC[C@H]1O[C@@H](n2c(=O)[nH]c(=O)c3[nH]ccc32)[C@H](OC(=O)c2ccccc2)[C@@H]1OC(=O)c1ccccc1)c1ccccc1. The Hall–Kier alpha value is -5.75. The van der Waals surface area contributed by atoms with Gasteiger partial charge in [0, 0.05) is 6.20 Å². The molecule has 44 heavy (non-hydrogen) atoms. The molecule has 0 aliphatic carbocycles. The predicted octanol–water partition coefficient (Wildman–Crippen LogP) is 3.22. The van der Waals surface area contributed by atoms with Crippen LogP contribution < -0.4 is 11.2 Å². The van der Waals surface area contributed by atoms with Gasteiger partial charge in [0.25, 0.3) is 5.56 Å². The van der Waals surface area contributed by atoms with E-state index in [1.807, 2.05) is 0 Å². The van der Waals surface area contributed by atoms with Crippen molar-refractivity contribution in [3.8, 4) is 0 Å². The van der Waals surface area contributed by atoms with Crippen LogP contribution in [-0.2, 0) is 18.9 Å². The molecule has 0 amide bonds. The normalized spacial score (nSPS) is 19.4. The van der Waals surface area contributed by atoms with Crippen molar-refractivity contribution in [2.24, 2.45) is 0 Å². The second-order valence-electron chi connectivity index (χ2n) is 9.87. The lowest BCUT2D eigenvalue weighted by Gasteiger charge is -2.25. The lowest BCUT2D eigenvalue weighted by Crippen LogP contribution is -2.43. The third-order valence-corrected chi connectivity index (χ3v) is 7.08. The summed E-state index contributed by atoms with van der Waals surface area (Å²) in [5.41, 5.74) is -0.627. The number of hydrogen-bond acceptors (Lipinski definition) is 9. The van der Waals surface area contributed by atoms with Gasteiger partial charge in [0.1, 0.15) is 18.2 Å². The standard InChI is InChI=1S/C32H25N3O9/c36-27-24-22(16-17-33-24)35(32(40)34-27)28-26(44-31(39)21-14-8-3-9-15-21)25(43-30(38)20-12-6-2-7-13-20)23(42-28)18-41-29(37)19-10-4-1-5-11-19/h1-17,23,25-26,28,33H,18H2,(H,34,36,40)/t23-,25-,26-,28-/m1/s1. The molecule has 1 aliphatic heterocycles. The Morgan fingerprint density at radius 3 is 1.80 bits per heavy atom. The predicted molar refractivity (Wildman–Crippen MR) is 155 cm³/mol. The molecule has 12 heteroatoms. The summed E-state index contributed by atoms with van der Waals surface area (Å²) in [5, 5.41) is 0. The van der Waals surface area contributed by atoms with Crippen LogP contribution in [0.15, 0.2) is 113 Å². The molecule has 0 spiro atoms. The molecular formula is C32H25N3O9. The van der Waals surface area contributed by atoms with Gasteiger partial charge in [-0.1, -0.05) is 54.6 Å². The van der Waals surface area contributed by atoms with E-state index in [-0.39, 0.29) is 27.7 Å². The summed E-state index contributed by atoms with van der Waals surface area (Å²) in [6, 6.07) is 25.9. The number of nitrogens with zero attached hydrogens (tertiary/aromatic N) is 1. The molecule has 3 heterocycles. The topological polar surface area (TPSA) is 159 Å². The minimum Gasteiger partial charge on any atom is -0.459 e. The number of carbonyl (C=O) groups excluding carboxylic acids is 3. The zero-order valence-corrected chi connectivity index (χ0v) is 23.0. The first-order chi connectivity index (χ1) is 21.4. The summed E-state index contributed by atoms with van der Waals surface area (Å²) in [6.45, 7) is -0.426. The minimum absolute atomic E-state index is 0.0677. The molecule has 12 nitrogen and oxygen atoms in total. The van der Waals surface area contributed by atoms with E-state index in [1.165, 1.54) is 24.4 Å². The fraction of sp³-hybridized carbons (Fsp3) is 0.156. The van der Waals surface area contributed by atoms with E-state index >= 15 is 0 Å². The Balaban J connectivity index is 1.41. The number of aromatic amines is 2. The highest BCUT2D eigenvalue weighted by Crippen LogP contribution is 2.36. The van der Waals surface area contributed by atoms with Crippen LogP contribution in [0.25, 0.3) is 11.0 Å². The average Bonchev–Trinajstić information content (AvgIpc) is 3.67. The van der Waals surface area contributed by atoms with E-state index in [2.05, 4.69) is 9.97 Å². The van der Waals surface area contributed by atoms with E-state index in [9.17, 15) is 24.0 Å². The molecule has 1 aliphatic rings. The van der Waals surface area contributed by atoms with Gasteiger partial charge in [0.05, 0.1) is 22.2 Å². The maximum atomic E-state index is 13.3. The lowest BCUT2D eigenvalue weighted by molar-refractivity contribution is -0.0620. The van der Waals surface area contributed by atoms with Crippen LogP contribution in [0, 0.1) is 0 Å². The first kappa shape index (κ1) is 28.4. The van der Waals surface area contributed by atoms with E-state index in [4.69, 9.17) is 18.9 Å². The highest BCUT2D eigenvalue weighted by molar-refractivity contribution is 5.91. The number of nitrogens with one attached hydrogen (secondary N) is 2. The van der Waals surface area contributed by atoms with Crippen molar-refractivity contribution in [1.29, 1.82) is 0 Å². The van der Waals surface area contributed by atoms with E-state index in [0.717, 1.165) is 4.57 Å². The highest BCUT2D eigenvalue weighted by Gasteiger charge is 2.52. The second-order valence-corrected chi connectivity index (χ2v) is 9.87. The fourth-order valence-electron chi connectivity index (χ4n) is 4.99. The summed E-state index contributed by atoms with van der Waals surface area (Å²) in [7, 11) is 0. The van der Waals surface area contributed by atoms with Gasteiger partial charge in [-0.2, -0.15) is 0 Å². The maximum absolute atomic E-state index is 13.3. The van der Waals surface area contributed by atoms with Crippen molar-refractivity contribution < 1.29 is 33.3 Å². The van der Waals surface area contributed by atoms with Crippen LogP contribution in [0.1, 0.15) is 37.3 Å². The Bertz CT molecular complexity index is 1920. The van der Waals surface area contributed by atoms with Crippen molar-refractivity contribution in [1.82, 2.24) is 14.5 Å². The van der Waals surface area contributed by atoms with Gasteiger partial charge in [-0.3, -0.25) is 14.3 Å². The van der Waals surface area contributed by atoms with E-state index in [0.29, 0.717) is 0 Å². The molecule has 3 aromatic carbocycles. The van der Waals surface area contributed by atoms with Crippen LogP contribution in [-0.4, -0.2) is 57.4 Å². The summed E-state index contributed by atoms with van der Waals surface area (Å²) in [6.07, 6.45) is -3.91. The number of aromatic nitrogens is 3. The number of carbonyl (C=O) groups is 3. The maximum Gasteiger partial charge on any atom is 0.338 e. The molecule has 0 saturated carbocycles. The molecule has 0 bridgehead atoms. The average molecular weight is 596 g/mol. The van der Waals surface area contributed by atoms with Crippen LogP contribution in [0.5, 0.6) is 0 Å². The Morgan fingerprint density at radius 1 is 0.705 bits per heavy atom. The molecule has 4 atom stereocenters.